The number of ether oxygens (including phenoxy) is 2. The van der Waals surface area contributed by atoms with Gasteiger partial charge < -0.3 is 14.8 Å². The molecule has 1 atom stereocenters. The third-order valence-electron chi connectivity index (χ3n) is 3.56. The highest BCUT2D eigenvalue weighted by atomic mass is 16.5. The predicted molar refractivity (Wildman–Crippen MR) is 80.8 cm³/mol. The van der Waals surface area contributed by atoms with Crippen LogP contribution >= 0.6 is 0 Å². The van der Waals surface area contributed by atoms with Crippen molar-refractivity contribution in [3.8, 4) is 11.5 Å². The van der Waals surface area contributed by atoms with E-state index in [1.54, 1.807) is 7.11 Å². The topological polar surface area (TPSA) is 30.5 Å². The predicted octanol–water partition coefficient (Wildman–Crippen LogP) is 3.42. The fourth-order valence-electron chi connectivity index (χ4n) is 2.53. The number of fused-ring (bicyclic) bond motifs is 1. The summed E-state index contributed by atoms with van der Waals surface area (Å²) < 4.78 is 11.2. The molecule has 1 heterocycles. The Labute approximate surface area is 119 Å². The van der Waals surface area contributed by atoms with Crippen molar-refractivity contribution in [2.75, 3.05) is 19.0 Å². The third kappa shape index (κ3) is 2.72. The Kier molecular flexibility index (Phi) is 3.50. The Morgan fingerprint density at radius 3 is 3.00 bits per heavy atom. The Hall–Kier alpha value is -2.16. The van der Waals surface area contributed by atoms with Crippen LogP contribution in [0.15, 0.2) is 42.5 Å². The van der Waals surface area contributed by atoms with E-state index in [9.17, 15) is 0 Å². The first-order valence-electron chi connectivity index (χ1n) is 6.89. The maximum atomic E-state index is 5.95. The van der Waals surface area contributed by atoms with Crippen LogP contribution in [0.1, 0.15) is 11.1 Å². The summed E-state index contributed by atoms with van der Waals surface area (Å²) in [5, 5.41) is 3.41. The molecule has 1 N–H and O–H groups in total. The number of rotatable bonds is 4. The second-order valence-electron chi connectivity index (χ2n) is 5.17. The highest BCUT2D eigenvalue weighted by Crippen LogP contribution is 2.29. The van der Waals surface area contributed by atoms with Gasteiger partial charge in [0.1, 0.15) is 17.6 Å². The Morgan fingerprint density at radius 2 is 2.15 bits per heavy atom. The van der Waals surface area contributed by atoms with Crippen LogP contribution in [0, 0.1) is 6.92 Å². The molecule has 1 unspecified atom stereocenters. The SMILES string of the molecule is COc1cccc(NCC2Cc3cc(C)ccc3O2)c1. The molecule has 0 aromatic heterocycles. The lowest BCUT2D eigenvalue weighted by Crippen LogP contribution is -2.23. The monoisotopic (exact) mass is 269 g/mol. The number of benzene rings is 2. The molecule has 2 aromatic rings. The molecule has 0 fully saturated rings. The summed E-state index contributed by atoms with van der Waals surface area (Å²) in [6.45, 7) is 2.91. The van der Waals surface area contributed by atoms with Gasteiger partial charge in [-0.25, -0.2) is 0 Å². The first-order valence-corrected chi connectivity index (χ1v) is 6.89. The van der Waals surface area contributed by atoms with Crippen molar-refractivity contribution in [3.63, 3.8) is 0 Å². The summed E-state index contributed by atoms with van der Waals surface area (Å²) in [6.07, 6.45) is 1.16. The van der Waals surface area contributed by atoms with Crippen LogP contribution in [0.5, 0.6) is 11.5 Å². The van der Waals surface area contributed by atoms with Gasteiger partial charge in [-0.1, -0.05) is 23.8 Å². The standard InChI is InChI=1S/C17H19NO2/c1-12-6-7-17-13(8-12)9-16(20-17)11-18-14-4-3-5-15(10-14)19-2/h3-8,10,16,18H,9,11H2,1-2H3. The maximum Gasteiger partial charge on any atom is 0.123 e. The van der Waals surface area contributed by atoms with Crippen molar-refractivity contribution < 1.29 is 9.47 Å². The lowest BCUT2D eigenvalue weighted by Gasteiger charge is -2.13. The average molecular weight is 269 g/mol. The van der Waals surface area contributed by atoms with Crippen LogP contribution in [0.4, 0.5) is 5.69 Å². The average Bonchev–Trinajstić information content (AvgIpc) is 2.87. The van der Waals surface area contributed by atoms with E-state index in [0.717, 1.165) is 30.2 Å². The summed E-state index contributed by atoms with van der Waals surface area (Å²) in [5.74, 6) is 1.88. The van der Waals surface area contributed by atoms with E-state index in [2.05, 4.69) is 30.4 Å². The zero-order chi connectivity index (χ0) is 13.9. The molecule has 104 valence electrons. The van der Waals surface area contributed by atoms with Crippen molar-refractivity contribution in [1.82, 2.24) is 0 Å². The molecule has 0 saturated heterocycles. The molecule has 0 saturated carbocycles. The first kappa shape index (κ1) is 12.9. The minimum absolute atomic E-state index is 0.193. The lowest BCUT2D eigenvalue weighted by atomic mass is 10.1. The highest BCUT2D eigenvalue weighted by Gasteiger charge is 2.22. The number of anilines is 1. The van der Waals surface area contributed by atoms with Gasteiger partial charge in [-0.15, -0.1) is 0 Å². The normalized spacial score (nSPS) is 16.4. The van der Waals surface area contributed by atoms with Gasteiger partial charge in [-0.3, -0.25) is 0 Å². The molecular formula is C17H19NO2. The molecule has 3 rings (SSSR count). The molecule has 3 nitrogen and oxygen atoms in total. The zero-order valence-electron chi connectivity index (χ0n) is 11.8. The minimum Gasteiger partial charge on any atom is -0.497 e. The maximum absolute atomic E-state index is 5.95. The highest BCUT2D eigenvalue weighted by molar-refractivity contribution is 5.48. The van der Waals surface area contributed by atoms with E-state index < -0.39 is 0 Å². The fraction of sp³-hybridized carbons (Fsp3) is 0.294. The Morgan fingerprint density at radius 1 is 1.25 bits per heavy atom. The summed E-state index contributed by atoms with van der Waals surface area (Å²) in [5.41, 5.74) is 3.65. The minimum atomic E-state index is 0.193. The fourth-order valence-corrected chi connectivity index (χ4v) is 2.53. The first-order chi connectivity index (χ1) is 9.74. The van der Waals surface area contributed by atoms with Gasteiger partial charge in [0.25, 0.3) is 0 Å². The second kappa shape index (κ2) is 5.45. The summed E-state index contributed by atoms with van der Waals surface area (Å²) >= 11 is 0. The van der Waals surface area contributed by atoms with E-state index >= 15 is 0 Å². The van der Waals surface area contributed by atoms with Crippen molar-refractivity contribution in [3.05, 3.63) is 53.6 Å². The van der Waals surface area contributed by atoms with Gasteiger partial charge in [0, 0.05) is 18.2 Å². The number of aryl methyl sites for hydroxylation is 1. The van der Waals surface area contributed by atoms with Gasteiger partial charge >= 0.3 is 0 Å². The van der Waals surface area contributed by atoms with Crippen LogP contribution in [0.2, 0.25) is 0 Å². The van der Waals surface area contributed by atoms with Crippen LogP contribution in [0.3, 0.4) is 0 Å². The van der Waals surface area contributed by atoms with E-state index in [1.807, 2.05) is 24.3 Å². The molecule has 2 aromatic carbocycles. The van der Waals surface area contributed by atoms with Crippen molar-refractivity contribution in [2.45, 2.75) is 19.4 Å². The molecule has 0 bridgehead atoms. The van der Waals surface area contributed by atoms with Gasteiger partial charge in [0.05, 0.1) is 13.7 Å². The third-order valence-corrected chi connectivity index (χ3v) is 3.56. The summed E-state index contributed by atoms with van der Waals surface area (Å²) in [6, 6.07) is 14.3. The molecule has 1 aliphatic heterocycles. The molecule has 3 heteroatoms. The second-order valence-corrected chi connectivity index (χ2v) is 5.17. The molecule has 0 radical (unpaired) electrons. The quantitative estimate of drug-likeness (QED) is 0.922. The van der Waals surface area contributed by atoms with Crippen molar-refractivity contribution in [2.24, 2.45) is 0 Å². The molecular weight excluding hydrogens is 250 g/mol. The molecule has 0 spiro atoms. The smallest absolute Gasteiger partial charge is 0.123 e. The van der Waals surface area contributed by atoms with Gasteiger partial charge in [0.15, 0.2) is 0 Å². The summed E-state index contributed by atoms with van der Waals surface area (Å²) in [4.78, 5) is 0. The molecule has 1 aliphatic rings. The van der Waals surface area contributed by atoms with Crippen LogP contribution < -0.4 is 14.8 Å². The van der Waals surface area contributed by atoms with Gasteiger partial charge in [0.2, 0.25) is 0 Å². The number of hydrogen-bond donors (Lipinski definition) is 1. The van der Waals surface area contributed by atoms with Crippen molar-refractivity contribution in [1.29, 1.82) is 0 Å². The van der Waals surface area contributed by atoms with E-state index in [1.165, 1.54) is 11.1 Å². The van der Waals surface area contributed by atoms with E-state index in [0.29, 0.717) is 0 Å². The van der Waals surface area contributed by atoms with Crippen LogP contribution in [-0.2, 0) is 6.42 Å². The van der Waals surface area contributed by atoms with E-state index in [4.69, 9.17) is 9.47 Å². The summed E-state index contributed by atoms with van der Waals surface area (Å²) in [7, 11) is 1.68. The number of methoxy groups -OCH3 is 1. The molecule has 20 heavy (non-hydrogen) atoms. The van der Waals surface area contributed by atoms with Gasteiger partial charge in [-0.2, -0.15) is 0 Å². The molecule has 0 aliphatic carbocycles. The largest absolute Gasteiger partial charge is 0.497 e. The Balaban J connectivity index is 1.60. The zero-order valence-corrected chi connectivity index (χ0v) is 11.8. The van der Waals surface area contributed by atoms with Crippen LogP contribution in [-0.4, -0.2) is 19.8 Å². The number of nitrogens with one attached hydrogen (secondary N) is 1. The van der Waals surface area contributed by atoms with Gasteiger partial charge in [-0.05, 0) is 30.7 Å². The van der Waals surface area contributed by atoms with Crippen LogP contribution in [0.25, 0.3) is 0 Å². The molecule has 0 amide bonds. The Bertz CT molecular complexity index is 610. The van der Waals surface area contributed by atoms with E-state index in [-0.39, 0.29) is 6.10 Å². The number of hydrogen-bond acceptors (Lipinski definition) is 3. The van der Waals surface area contributed by atoms with Crippen molar-refractivity contribution >= 4 is 5.69 Å². The lowest BCUT2D eigenvalue weighted by molar-refractivity contribution is 0.246.